The third-order valence-electron chi connectivity index (χ3n) is 7.11. The number of aromatic nitrogens is 4. The lowest BCUT2D eigenvalue weighted by Crippen LogP contribution is -2.51. The topological polar surface area (TPSA) is 119 Å². The summed E-state index contributed by atoms with van der Waals surface area (Å²) >= 11 is 0. The van der Waals surface area contributed by atoms with E-state index in [1.807, 2.05) is 12.1 Å². The number of hydrogen-bond acceptors (Lipinski definition) is 6. The summed E-state index contributed by atoms with van der Waals surface area (Å²) in [7, 11) is 0. The monoisotopic (exact) mass is 526 g/mol. The number of amides is 1. The number of benzene rings is 2. The van der Waals surface area contributed by atoms with Crippen molar-refractivity contribution in [3.05, 3.63) is 88.4 Å². The van der Waals surface area contributed by atoms with Crippen molar-refractivity contribution in [3.8, 4) is 5.69 Å². The quantitative estimate of drug-likeness (QED) is 0.413. The van der Waals surface area contributed by atoms with Crippen molar-refractivity contribution in [2.45, 2.75) is 38.0 Å². The molecule has 1 fully saturated rings. The predicted molar refractivity (Wildman–Crippen MR) is 139 cm³/mol. The molecule has 3 heterocycles. The van der Waals surface area contributed by atoms with Crippen LogP contribution in [0, 0.1) is 5.82 Å². The average Bonchev–Trinajstić information content (AvgIpc) is 3.34. The van der Waals surface area contributed by atoms with E-state index in [0.717, 1.165) is 5.56 Å². The second kappa shape index (κ2) is 10.4. The molecule has 2 aromatic heterocycles. The number of fused-ring (bicyclic) bond motifs is 1. The maximum atomic E-state index is 13.3. The van der Waals surface area contributed by atoms with E-state index >= 15 is 0 Å². The fraction of sp³-hybridized carbons (Fsp3) is 0.308. The minimum Gasteiger partial charge on any atom is -0.388 e. The lowest BCUT2D eigenvalue weighted by Gasteiger charge is -2.42. The molecular weight excluding hydrogens is 499 g/mol. The van der Waals surface area contributed by atoms with Crippen LogP contribution >= 0.6 is 12.4 Å². The third-order valence-corrected chi connectivity index (χ3v) is 7.11. The zero-order chi connectivity index (χ0) is 25.4. The largest absolute Gasteiger partial charge is 0.388 e. The lowest BCUT2D eigenvalue weighted by atomic mass is 9.84. The second-order valence-corrected chi connectivity index (χ2v) is 9.20. The standard InChI is InChI=1S/C26H27FN6O3.ClH/c1-17(26(36)9-11-31(12-10-26)24(34)19-4-2-3-18(13-19)14-28)32-16-29-23-22(25(32)35)15-30-33(23)21-7-5-20(27)6-8-21;/h2-8,13,15-17,36H,9-12,14,28H2,1H3;1H. The fourth-order valence-corrected chi connectivity index (χ4v) is 4.76. The highest BCUT2D eigenvalue weighted by molar-refractivity contribution is 5.94. The van der Waals surface area contributed by atoms with Gasteiger partial charge in [-0.3, -0.25) is 14.2 Å². The van der Waals surface area contributed by atoms with Crippen LogP contribution in [0.15, 0.2) is 65.8 Å². The summed E-state index contributed by atoms with van der Waals surface area (Å²) < 4.78 is 16.2. The first-order chi connectivity index (χ1) is 17.3. The maximum Gasteiger partial charge on any atom is 0.264 e. The minimum absolute atomic E-state index is 0. The van der Waals surface area contributed by atoms with Gasteiger partial charge in [-0.05, 0) is 61.7 Å². The van der Waals surface area contributed by atoms with Gasteiger partial charge in [-0.2, -0.15) is 5.10 Å². The van der Waals surface area contributed by atoms with E-state index in [1.165, 1.54) is 33.9 Å². The summed E-state index contributed by atoms with van der Waals surface area (Å²) in [5, 5.41) is 16.0. The lowest BCUT2D eigenvalue weighted by molar-refractivity contribution is -0.0523. The molecule has 4 aromatic rings. The van der Waals surface area contributed by atoms with E-state index in [4.69, 9.17) is 5.73 Å². The number of carbonyl (C=O) groups is 1. The van der Waals surface area contributed by atoms with Crippen LogP contribution in [0.25, 0.3) is 16.7 Å². The van der Waals surface area contributed by atoms with Gasteiger partial charge < -0.3 is 15.7 Å². The van der Waals surface area contributed by atoms with Crippen molar-refractivity contribution in [2.75, 3.05) is 13.1 Å². The Labute approximate surface area is 218 Å². The highest BCUT2D eigenvalue weighted by atomic mass is 35.5. The molecule has 11 heteroatoms. The van der Waals surface area contributed by atoms with Gasteiger partial charge in [-0.25, -0.2) is 14.1 Å². The van der Waals surface area contributed by atoms with E-state index in [0.29, 0.717) is 54.8 Å². The van der Waals surface area contributed by atoms with E-state index in [2.05, 4.69) is 10.1 Å². The number of nitrogens with two attached hydrogens (primary N) is 1. The average molecular weight is 527 g/mol. The summed E-state index contributed by atoms with van der Waals surface area (Å²) in [6.45, 7) is 2.86. The Kier molecular flexibility index (Phi) is 7.44. The summed E-state index contributed by atoms with van der Waals surface area (Å²) in [4.78, 5) is 32.4. The van der Waals surface area contributed by atoms with E-state index in [-0.39, 0.29) is 29.7 Å². The van der Waals surface area contributed by atoms with Crippen molar-refractivity contribution >= 4 is 29.3 Å². The van der Waals surface area contributed by atoms with Crippen molar-refractivity contribution < 1.29 is 14.3 Å². The summed E-state index contributed by atoms with van der Waals surface area (Å²) in [5.74, 6) is -0.474. The van der Waals surface area contributed by atoms with Gasteiger partial charge in [0.15, 0.2) is 5.65 Å². The molecule has 1 saturated heterocycles. The SMILES string of the molecule is CC(n1cnc2c(cnn2-c2ccc(F)cc2)c1=O)C1(O)CCN(C(=O)c2cccc(CN)c2)CC1.Cl. The molecule has 9 nitrogen and oxygen atoms in total. The van der Waals surface area contributed by atoms with Crippen molar-refractivity contribution in [3.63, 3.8) is 0 Å². The third kappa shape index (κ3) is 4.87. The molecule has 1 atom stereocenters. The van der Waals surface area contributed by atoms with Gasteiger partial charge in [-0.15, -0.1) is 12.4 Å². The molecule has 5 rings (SSSR count). The Hall–Kier alpha value is -3.60. The number of hydrogen-bond donors (Lipinski definition) is 2. The Morgan fingerprint density at radius 2 is 1.89 bits per heavy atom. The summed E-state index contributed by atoms with van der Waals surface area (Å²) in [5.41, 5.74) is 6.56. The first-order valence-corrected chi connectivity index (χ1v) is 11.8. The van der Waals surface area contributed by atoms with Crippen LogP contribution in [0.2, 0.25) is 0 Å². The molecule has 3 N–H and O–H groups in total. The molecule has 1 amide bonds. The van der Waals surface area contributed by atoms with Gasteiger partial charge in [-0.1, -0.05) is 12.1 Å². The molecule has 1 unspecified atom stereocenters. The molecule has 0 saturated carbocycles. The van der Waals surface area contributed by atoms with E-state index in [1.54, 1.807) is 36.1 Å². The van der Waals surface area contributed by atoms with Crippen molar-refractivity contribution in [1.29, 1.82) is 0 Å². The number of piperidine rings is 1. The molecule has 37 heavy (non-hydrogen) atoms. The van der Waals surface area contributed by atoms with Gasteiger partial charge in [0, 0.05) is 25.2 Å². The number of nitrogens with zero attached hydrogens (tertiary/aromatic N) is 5. The first-order valence-electron chi connectivity index (χ1n) is 11.8. The summed E-state index contributed by atoms with van der Waals surface area (Å²) in [6, 6.07) is 12.4. The van der Waals surface area contributed by atoms with Crippen molar-refractivity contribution in [1.82, 2.24) is 24.2 Å². The van der Waals surface area contributed by atoms with Crippen LogP contribution in [0.4, 0.5) is 4.39 Å². The Bertz CT molecular complexity index is 1480. The number of likely N-dealkylation sites (tertiary alicyclic amines) is 1. The van der Waals surface area contributed by atoms with Gasteiger partial charge in [0.05, 0.1) is 23.5 Å². The highest BCUT2D eigenvalue weighted by Gasteiger charge is 2.40. The van der Waals surface area contributed by atoms with Gasteiger partial charge in [0.2, 0.25) is 0 Å². The van der Waals surface area contributed by atoms with Gasteiger partial charge >= 0.3 is 0 Å². The molecule has 194 valence electrons. The second-order valence-electron chi connectivity index (χ2n) is 9.20. The summed E-state index contributed by atoms with van der Waals surface area (Å²) in [6.07, 6.45) is 3.47. The zero-order valence-corrected chi connectivity index (χ0v) is 21.1. The van der Waals surface area contributed by atoms with Crippen LogP contribution < -0.4 is 11.3 Å². The number of rotatable bonds is 5. The Balaban J connectivity index is 0.00000320. The highest BCUT2D eigenvalue weighted by Crippen LogP contribution is 2.33. The number of halogens is 2. The number of carbonyl (C=O) groups excluding carboxylic acids is 1. The number of aliphatic hydroxyl groups is 1. The molecular formula is C26H28ClFN6O3. The smallest absolute Gasteiger partial charge is 0.264 e. The Morgan fingerprint density at radius 3 is 2.57 bits per heavy atom. The molecule has 2 aromatic carbocycles. The van der Waals surface area contributed by atoms with Crippen LogP contribution in [0.1, 0.15) is 41.7 Å². The molecule has 0 spiro atoms. The van der Waals surface area contributed by atoms with Crippen molar-refractivity contribution in [2.24, 2.45) is 5.73 Å². The molecule has 1 aliphatic rings. The zero-order valence-electron chi connectivity index (χ0n) is 20.2. The Morgan fingerprint density at radius 1 is 1.19 bits per heavy atom. The normalized spacial score (nSPS) is 15.8. The molecule has 0 bridgehead atoms. The van der Waals surface area contributed by atoms with Gasteiger partial charge in [0.1, 0.15) is 17.5 Å². The van der Waals surface area contributed by atoms with Crippen LogP contribution in [0.5, 0.6) is 0 Å². The van der Waals surface area contributed by atoms with E-state index < -0.39 is 11.6 Å². The molecule has 0 aliphatic carbocycles. The fourth-order valence-electron chi connectivity index (χ4n) is 4.76. The van der Waals surface area contributed by atoms with Crippen LogP contribution in [-0.4, -0.2) is 53.9 Å². The van der Waals surface area contributed by atoms with Crippen LogP contribution in [-0.2, 0) is 6.54 Å². The van der Waals surface area contributed by atoms with Gasteiger partial charge in [0.25, 0.3) is 11.5 Å². The maximum absolute atomic E-state index is 13.3. The van der Waals surface area contributed by atoms with Crippen LogP contribution in [0.3, 0.4) is 0 Å². The predicted octanol–water partition coefficient (Wildman–Crippen LogP) is 2.83. The first kappa shape index (κ1) is 26.5. The molecule has 0 radical (unpaired) electrons. The molecule has 1 aliphatic heterocycles. The minimum atomic E-state index is -1.19. The van der Waals surface area contributed by atoms with E-state index in [9.17, 15) is 19.1 Å².